The second-order valence-corrected chi connectivity index (χ2v) is 5.57. The Balaban J connectivity index is 2.09. The zero-order valence-corrected chi connectivity index (χ0v) is 10.8. The van der Waals surface area contributed by atoms with Gasteiger partial charge in [0.05, 0.1) is 0 Å². The summed E-state index contributed by atoms with van der Waals surface area (Å²) in [5, 5.41) is 0.397. The first-order valence-corrected chi connectivity index (χ1v) is 6.96. The lowest BCUT2D eigenvalue weighted by Crippen LogP contribution is -2.14. The summed E-state index contributed by atoms with van der Waals surface area (Å²) in [5.41, 5.74) is 2.99. The molecule has 16 heavy (non-hydrogen) atoms. The summed E-state index contributed by atoms with van der Waals surface area (Å²) in [6.07, 6.45) is 7.40. The van der Waals surface area contributed by atoms with Crippen LogP contribution >= 0.6 is 11.6 Å². The largest absolute Gasteiger partial charge is 0.123 e. The molecule has 0 aliphatic heterocycles. The van der Waals surface area contributed by atoms with E-state index in [0.717, 1.165) is 6.42 Å². The van der Waals surface area contributed by atoms with Crippen LogP contribution in [0.1, 0.15) is 56.1 Å². The quantitative estimate of drug-likeness (QED) is 0.655. The first-order chi connectivity index (χ1) is 7.79. The van der Waals surface area contributed by atoms with Crippen molar-refractivity contribution in [1.82, 2.24) is 0 Å². The van der Waals surface area contributed by atoms with E-state index in [1.807, 2.05) is 0 Å². The van der Waals surface area contributed by atoms with Gasteiger partial charge in [0.25, 0.3) is 0 Å². The van der Waals surface area contributed by atoms with E-state index in [1.54, 1.807) is 0 Å². The number of halogens is 1. The molecule has 0 bridgehead atoms. The Morgan fingerprint density at radius 2 is 2.19 bits per heavy atom. The lowest BCUT2D eigenvalue weighted by atomic mass is 9.83. The highest BCUT2D eigenvalue weighted by atomic mass is 35.5. The van der Waals surface area contributed by atoms with Crippen molar-refractivity contribution >= 4 is 11.6 Å². The van der Waals surface area contributed by atoms with Gasteiger partial charge < -0.3 is 0 Å². The van der Waals surface area contributed by atoms with Gasteiger partial charge in [0.1, 0.15) is 0 Å². The number of benzene rings is 1. The van der Waals surface area contributed by atoms with Crippen molar-refractivity contribution in [3.63, 3.8) is 0 Å². The predicted molar refractivity (Wildman–Crippen MR) is 71.3 cm³/mol. The third-order valence-electron chi connectivity index (χ3n) is 3.57. The minimum Gasteiger partial charge on any atom is -0.123 e. The zero-order chi connectivity index (χ0) is 11.4. The lowest BCUT2D eigenvalue weighted by molar-refractivity contribution is 0.449. The van der Waals surface area contributed by atoms with Crippen LogP contribution < -0.4 is 0 Å². The molecule has 0 radical (unpaired) electrons. The van der Waals surface area contributed by atoms with Crippen LogP contribution in [0.25, 0.3) is 0 Å². The molecule has 1 fully saturated rings. The fourth-order valence-electron chi connectivity index (χ4n) is 2.72. The van der Waals surface area contributed by atoms with Crippen LogP contribution in [-0.4, -0.2) is 5.38 Å². The van der Waals surface area contributed by atoms with Gasteiger partial charge >= 0.3 is 0 Å². The monoisotopic (exact) mass is 236 g/mol. The topological polar surface area (TPSA) is 0 Å². The molecule has 0 N–H and O–H groups in total. The molecular formula is C15H21Cl. The van der Waals surface area contributed by atoms with Crippen LogP contribution in [0, 0.1) is 0 Å². The lowest BCUT2D eigenvalue weighted by Gasteiger charge is -2.26. The van der Waals surface area contributed by atoms with Gasteiger partial charge in [-0.2, -0.15) is 0 Å². The van der Waals surface area contributed by atoms with Crippen LogP contribution in [0.2, 0.25) is 0 Å². The molecular weight excluding hydrogens is 216 g/mol. The molecule has 1 aromatic carbocycles. The van der Waals surface area contributed by atoms with Crippen LogP contribution in [0.4, 0.5) is 0 Å². The molecule has 0 spiro atoms. The van der Waals surface area contributed by atoms with Crippen molar-refractivity contribution in [3.05, 3.63) is 35.4 Å². The minimum atomic E-state index is 0.397. The molecule has 2 atom stereocenters. The Kier molecular flexibility index (Phi) is 4.29. The number of hydrogen-bond donors (Lipinski definition) is 0. The van der Waals surface area contributed by atoms with Gasteiger partial charge in [-0.15, -0.1) is 11.6 Å². The summed E-state index contributed by atoms with van der Waals surface area (Å²) in [7, 11) is 0. The fraction of sp³-hybridized carbons (Fsp3) is 0.600. The molecule has 0 nitrogen and oxygen atoms in total. The van der Waals surface area contributed by atoms with Crippen molar-refractivity contribution in [2.24, 2.45) is 0 Å². The molecule has 1 heteroatoms. The standard InChI is InChI=1S/C15H21Cl/c1-2-5-12-6-3-7-13(10-12)14-8-4-9-15(16)11-14/h3,6-7,10,14-15H,2,4-5,8-9,11H2,1H3. The summed E-state index contributed by atoms with van der Waals surface area (Å²) in [4.78, 5) is 0. The van der Waals surface area contributed by atoms with Crippen molar-refractivity contribution in [2.75, 3.05) is 0 Å². The Labute approximate surface area is 104 Å². The number of alkyl halides is 1. The summed E-state index contributed by atoms with van der Waals surface area (Å²) >= 11 is 6.26. The molecule has 2 rings (SSSR count). The summed E-state index contributed by atoms with van der Waals surface area (Å²) < 4.78 is 0. The highest BCUT2D eigenvalue weighted by molar-refractivity contribution is 6.20. The molecule has 88 valence electrons. The summed E-state index contributed by atoms with van der Waals surface area (Å²) in [6.45, 7) is 2.24. The molecule has 0 saturated heterocycles. The van der Waals surface area contributed by atoms with E-state index in [2.05, 4.69) is 31.2 Å². The molecule has 0 heterocycles. The van der Waals surface area contributed by atoms with E-state index >= 15 is 0 Å². The van der Waals surface area contributed by atoms with Gasteiger partial charge in [-0.1, -0.05) is 44.0 Å². The maximum atomic E-state index is 6.26. The van der Waals surface area contributed by atoms with E-state index in [-0.39, 0.29) is 0 Å². The van der Waals surface area contributed by atoms with Crippen molar-refractivity contribution in [1.29, 1.82) is 0 Å². The van der Waals surface area contributed by atoms with Gasteiger partial charge in [0.15, 0.2) is 0 Å². The summed E-state index contributed by atoms with van der Waals surface area (Å²) in [5.74, 6) is 0.702. The molecule has 1 saturated carbocycles. The first kappa shape index (κ1) is 12.0. The van der Waals surface area contributed by atoms with Crippen LogP contribution in [0.5, 0.6) is 0 Å². The predicted octanol–water partition coefficient (Wildman–Crippen LogP) is 4.90. The van der Waals surface area contributed by atoms with Gasteiger partial charge in [0.2, 0.25) is 0 Å². The molecule has 1 aliphatic carbocycles. The normalized spacial score (nSPS) is 25.6. The molecule has 0 aromatic heterocycles. The van der Waals surface area contributed by atoms with Crippen molar-refractivity contribution in [3.8, 4) is 0 Å². The van der Waals surface area contributed by atoms with Crippen molar-refractivity contribution in [2.45, 2.75) is 56.7 Å². The minimum absolute atomic E-state index is 0.397. The molecule has 1 aliphatic rings. The first-order valence-electron chi connectivity index (χ1n) is 6.52. The van der Waals surface area contributed by atoms with Gasteiger partial charge in [-0.3, -0.25) is 0 Å². The smallest absolute Gasteiger partial charge is 0.0341 e. The average molecular weight is 237 g/mol. The van der Waals surface area contributed by atoms with E-state index in [0.29, 0.717) is 11.3 Å². The van der Waals surface area contributed by atoms with Crippen LogP contribution in [0.3, 0.4) is 0 Å². The Hall–Kier alpha value is -0.490. The second kappa shape index (κ2) is 5.72. The zero-order valence-electron chi connectivity index (χ0n) is 10.1. The molecule has 0 amide bonds. The van der Waals surface area contributed by atoms with Crippen molar-refractivity contribution < 1.29 is 0 Å². The second-order valence-electron chi connectivity index (χ2n) is 4.96. The van der Waals surface area contributed by atoms with Gasteiger partial charge in [-0.05, 0) is 42.7 Å². The Bertz CT molecular complexity index is 332. The van der Waals surface area contributed by atoms with E-state index < -0.39 is 0 Å². The van der Waals surface area contributed by atoms with E-state index in [4.69, 9.17) is 11.6 Å². The third kappa shape index (κ3) is 3.01. The SMILES string of the molecule is CCCc1cccc(C2CCCC(Cl)C2)c1. The highest BCUT2D eigenvalue weighted by Gasteiger charge is 2.21. The average Bonchev–Trinajstić information content (AvgIpc) is 2.30. The Morgan fingerprint density at radius 1 is 1.31 bits per heavy atom. The number of hydrogen-bond acceptors (Lipinski definition) is 0. The number of rotatable bonds is 3. The molecule has 1 aromatic rings. The van der Waals surface area contributed by atoms with Gasteiger partial charge in [-0.25, -0.2) is 0 Å². The highest BCUT2D eigenvalue weighted by Crippen LogP contribution is 2.35. The van der Waals surface area contributed by atoms with Crippen LogP contribution in [0.15, 0.2) is 24.3 Å². The molecule has 2 unspecified atom stereocenters. The van der Waals surface area contributed by atoms with E-state index in [1.165, 1.54) is 43.2 Å². The van der Waals surface area contributed by atoms with Crippen LogP contribution in [-0.2, 0) is 6.42 Å². The third-order valence-corrected chi connectivity index (χ3v) is 3.97. The Morgan fingerprint density at radius 3 is 2.94 bits per heavy atom. The maximum Gasteiger partial charge on any atom is 0.0341 e. The maximum absolute atomic E-state index is 6.26. The van der Waals surface area contributed by atoms with Gasteiger partial charge in [0, 0.05) is 5.38 Å². The summed E-state index contributed by atoms with van der Waals surface area (Å²) in [6, 6.07) is 9.12. The van der Waals surface area contributed by atoms with E-state index in [9.17, 15) is 0 Å². The number of aryl methyl sites for hydroxylation is 1. The fourth-order valence-corrected chi connectivity index (χ4v) is 3.09.